The SMILES string of the molecule is CCCCCCC(O)CCCCCCCCCCC(=O)NCCCC1(NC(=O)CCCCCCCCCCC(O)CCCCCC)CC1. The number of hydrogen-bond donors (Lipinski definition) is 4. The van der Waals surface area contributed by atoms with Gasteiger partial charge in [0, 0.05) is 24.9 Å². The molecule has 0 aromatic heterocycles. The third kappa shape index (κ3) is 28.7. The molecule has 48 heavy (non-hydrogen) atoms. The molecule has 2 atom stereocenters. The van der Waals surface area contributed by atoms with Gasteiger partial charge in [0.25, 0.3) is 0 Å². The van der Waals surface area contributed by atoms with Crippen LogP contribution in [0.15, 0.2) is 0 Å². The lowest BCUT2D eigenvalue weighted by atomic mass is 10.0. The fourth-order valence-corrected chi connectivity index (χ4v) is 7.04. The molecule has 0 spiro atoms. The average molecular weight is 679 g/mol. The first-order valence-corrected chi connectivity index (χ1v) is 21.3. The van der Waals surface area contributed by atoms with E-state index in [1.165, 1.54) is 116 Å². The molecule has 0 heterocycles. The maximum atomic E-state index is 12.5. The van der Waals surface area contributed by atoms with Gasteiger partial charge in [-0.1, -0.05) is 155 Å². The quantitative estimate of drug-likeness (QED) is 0.0491. The molecule has 0 saturated heterocycles. The summed E-state index contributed by atoms with van der Waals surface area (Å²) >= 11 is 0. The van der Waals surface area contributed by atoms with E-state index < -0.39 is 0 Å². The van der Waals surface area contributed by atoms with Crippen molar-refractivity contribution in [3.63, 3.8) is 0 Å². The number of amides is 2. The van der Waals surface area contributed by atoms with E-state index in [4.69, 9.17) is 0 Å². The van der Waals surface area contributed by atoms with Crippen LogP contribution in [0.4, 0.5) is 0 Å². The van der Waals surface area contributed by atoms with Crippen LogP contribution in [-0.2, 0) is 9.59 Å². The molecule has 1 fully saturated rings. The summed E-state index contributed by atoms with van der Waals surface area (Å²) in [4.78, 5) is 24.8. The summed E-state index contributed by atoms with van der Waals surface area (Å²) in [7, 11) is 0. The van der Waals surface area contributed by atoms with E-state index in [2.05, 4.69) is 24.5 Å². The molecule has 6 nitrogen and oxygen atoms in total. The number of nitrogens with one attached hydrogen (secondary N) is 2. The van der Waals surface area contributed by atoms with Crippen LogP contribution in [0.25, 0.3) is 0 Å². The van der Waals surface area contributed by atoms with Crippen molar-refractivity contribution >= 4 is 11.8 Å². The third-order valence-electron chi connectivity index (χ3n) is 10.6. The van der Waals surface area contributed by atoms with Gasteiger partial charge < -0.3 is 20.8 Å². The Morgan fingerprint density at radius 3 is 1.25 bits per heavy atom. The van der Waals surface area contributed by atoms with Crippen LogP contribution in [0.3, 0.4) is 0 Å². The topological polar surface area (TPSA) is 98.7 Å². The summed E-state index contributed by atoms with van der Waals surface area (Å²) in [6, 6.07) is 0. The van der Waals surface area contributed by atoms with Crippen molar-refractivity contribution in [2.45, 2.75) is 250 Å². The Balaban J connectivity index is 1.87. The highest BCUT2D eigenvalue weighted by Gasteiger charge is 2.42. The molecule has 1 aliphatic rings. The predicted molar refractivity (Wildman–Crippen MR) is 204 cm³/mol. The van der Waals surface area contributed by atoms with Gasteiger partial charge in [-0.25, -0.2) is 0 Å². The van der Waals surface area contributed by atoms with Crippen LogP contribution < -0.4 is 10.6 Å². The van der Waals surface area contributed by atoms with Crippen molar-refractivity contribution in [1.82, 2.24) is 10.6 Å². The van der Waals surface area contributed by atoms with Crippen molar-refractivity contribution in [2.24, 2.45) is 0 Å². The number of rotatable bonds is 37. The molecule has 1 rings (SSSR count). The summed E-state index contributed by atoms with van der Waals surface area (Å²) in [6.45, 7) is 5.16. The Kier molecular flexibility index (Phi) is 29.7. The molecule has 6 heteroatoms. The Labute approximate surface area is 298 Å². The Morgan fingerprint density at radius 1 is 0.500 bits per heavy atom. The molecule has 1 aliphatic carbocycles. The van der Waals surface area contributed by atoms with Crippen LogP contribution in [0.1, 0.15) is 232 Å². The van der Waals surface area contributed by atoms with Gasteiger partial charge in [0.1, 0.15) is 0 Å². The first kappa shape index (κ1) is 44.9. The number of carbonyl (C=O) groups excluding carboxylic acids is 2. The number of aliphatic hydroxyl groups is 2. The lowest BCUT2D eigenvalue weighted by Gasteiger charge is -2.17. The first-order valence-electron chi connectivity index (χ1n) is 21.3. The monoisotopic (exact) mass is 679 g/mol. The number of hydrogen-bond acceptors (Lipinski definition) is 4. The summed E-state index contributed by atoms with van der Waals surface area (Å²) in [5, 5.41) is 26.6. The van der Waals surface area contributed by atoms with Crippen LogP contribution in [0.5, 0.6) is 0 Å². The third-order valence-corrected chi connectivity index (χ3v) is 10.6. The molecule has 2 unspecified atom stereocenters. The maximum absolute atomic E-state index is 12.5. The van der Waals surface area contributed by atoms with E-state index in [0.717, 1.165) is 89.9 Å². The van der Waals surface area contributed by atoms with Crippen molar-refractivity contribution in [1.29, 1.82) is 0 Å². The molecule has 1 saturated carbocycles. The van der Waals surface area contributed by atoms with E-state index in [1.54, 1.807) is 0 Å². The van der Waals surface area contributed by atoms with Gasteiger partial charge in [-0.2, -0.15) is 0 Å². The standard InChI is InChI=1S/C42H82N2O4/c1-3-5-7-21-28-38(45)30-23-17-13-9-11-15-19-25-32-40(47)43-37-27-34-42(35-36-42)44-41(48)33-26-20-16-12-10-14-18-24-31-39(46)29-22-8-6-4-2/h38-39,45-46H,3-37H2,1-2H3,(H,43,47)(H,44,48). The van der Waals surface area contributed by atoms with Gasteiger partial charge in [0.15, 0.2) is 0 Å². The normalized spacial score (nSPS) is 14.9. The van der Waals surface area contributed by atoms with Gasteiger partial charge >= 0.3 is 0 Å². The molecule has 284 valence electrons. The van der Waals surface area contributed by atoms with E-state index in [1.807, 2.05) is 0 Å². The van der Waals surface area contributed by atoms with Crippen LogP contribution >= 0.6 is 0 Å². The van der Waals surface area contributed by atoms with Gasteiger partial charge in [-0.3, -0.25) is 9.59 Å². The molecule has 4 N–H and O–H groups in total. The Hall–Kier alpha value is -1.14. The Morgan fingerprint density at radius 2 is 0.854 bits per heavy atom. The highest BCUT2D eigenvalue weighted by atomic mass is 16.3. The summed E-state index contributed by atoms with van der Waals surface area (Å²) in [5.41, 5.74) is -0.00105. The van der Waals surface area contributed by atoms with E-state index >= 15 is 0 Å². The number of unbranched alkanes of at least 4 members (excludes halogenated alkanes) is 20. The van der Waals surface area contributed by atoms with Crippen LogP contribution in [-0.4, -0.2) is 46.3 Å². The fourth-order valence-electron chi connectivity index (χ4n) is 7.04. The molecule has 0 aliphatic heterocycles. The molecular weight excluding hydrogens is 596 g/mol. The minimum Gasteiger partial charge on any atom is -0.393 e. The van der Waals surface area contributed by atoms with Crippen molar-refractivity contribution in [2.75, 3.05) is 6.54 Å². The largest absolute Gasteiger partial charge is 0.393 e. The summed E-state index contributed by atoms with van der Waals surface area (Å²) < 4.78 is 0. The highest BCUT2D eigenvalue weighted by molar-refractivity contribution is 5.77. The smallest absolute Gasteiger partial charge is 0.220 e. The fraction of sp³-hybridized carbons (Fsp3) is 0.952. The van der Waals surface area contributed by atoms with Crippen molar-refractivity contribution in [3.05, 3.63) is 0 Å². The van der Waals surface area contributed by atoms with Gasteiger partial charge in [-0.15, -0.1) is 0 Å². The zero-order chi connectivity index (χ0) is 35.0. The van der Waals surface area contributed by atoms with Crippen LogP contribution in [0, 0.1) is 0 Å². The molecule has 0 radical (unpaired) electrons. The zero-order valence-corrected chi connectivity index (χ0v) is 32.1. The average Bonchev–Trinajstić information content (AvgIpc) is 3.84. The second kappa shape index (κ2) is 31.8. The molecular formula is C42H82N2O4. The lowest BCUT2D eigenvalue weighted by Crippen LogP contribution is -2.37. The van der Waals surface area contributed by atoms with Gasteiger partial charge in [0.05, 0.1) is 12.2 Å². The summed E-state index contributed by atoms with van der Waals surface area (Å²) in [5.74, 6) is 0.376. The second-order valence-corrected chi connectivity index (χ2v) is 15.5. The second-order valence-electron chi connectivity index (χ2n) is 15.5. The minimum absolute atomic E-state index is 0.00105. The Bertz CT molecular complexity index is 741. The van der Waals surface area contributed by atoms with Gasteiger partial charge in [-0.05, 0) is 64.2 Å². The van der Waals surface area contributed by atoms with Crippen molar-refractivity contribution < 1.29 is 19.8 Å². The molecule has 2 amide bonds. The zero-order valence-electron chi connectivity index (χ0n) is 32.1. The maximum Gasteiger partial charge on any atom is 0.220 e. The molecule has 0 bridgehead atoms. The highest BCUT2D eigenvalue weighted by Crippen LogP contribution is 2.39. The van der Waals surface area contributed by atoms with E-state index in [9.17, 15) is 19.8 Å². The minimum atomic E-state index is -0.0953. The lowest BCUT2D eigenvalue weighted by molar-refractivity contribution is -0.123. The van der Waals surface area contributed by atoms with Gasteiger partial charge in [0.2, 0.25) is 11.8 Å². The number of aliphatic hydroxyl groups excluding tert-OH is 2. The van der Waals surface area contributed by atoms with Crippen molar-refractivity contribution in [3.8, 4) is 0 Å². The van der Waals surface area contributed by atoms with E-state index in [-0.39, 0.29) is 29.6 Å². The molecule has 0 aromatic rings. The van der Waals surface area contributed by atoms with Crippen LogP contribution in [0.2, 0.25) is 0 Å². The first-order chi connectivity index (χ1) is 23.4. The van der Waals surface area contributed by atoms with E-state index in [0.29, 0.717) is 19.4 Å². The summed E-state index contributed by atoms with van der Waals surface area (Å²) in [6.07, 6.45) is 37.9. The predicted octanol–water partition coefficient (Wildman–Crippen LogP) is 11.0. The number of carbonyl (C=O) groups is 2. The molecule has 0 aromatic carbocycles.